The molecule has 1 aliphatic heterocycles. The van der Waals surface area contributed by atoms with E-state index in [1.54, 1.807) is 0 Å². The first-order chi connectivity index (χ1) is 9.75. The van der Waals surface area contributed by atoms with Crippen LogP contribution in [0, 0.1) is 11.3 Å². The summed E-state index contributed by atoms with van der Waals surface area (Å²) in [7, 11) is 0. The molecule has 21 heavy (non-hydrogen) atoms. The second kappa shape index (κ2) is 5.76. The van der Waals surface area contributed by atoms with Crippen LogP contribution in [-0.4, -0.2) is 42.4 Å². The number of rotatable bonds is 3. The Morgan fingerprint density at radius 3 is 2.38 bits per heavy atom. The lowest BCUT2D eigenvalue weighted by Crippen LogP contribution is -2.61. The predicted octanol–water partition coefficient (Wildman–Crippen LogP) is 1.59. The summed E-state index contributed by atoms with van der Waals surface area (Å²) in [6.45, 7) is 1.55. The van der Waals surface area contributed by atoms with E-state index in [0.717, 1.165) is 12.8 Å². The van der Waals surface area contributed by atoms with Crippen molar-refractivity contribution in [1.82, 2.24) is 10.6 Å². The molecule has 1 saturated heterocycles. The minimum absolute atomic E-state index is 0.177. The zero-order valence-electron chi connectivity index (χ0n) is 12.2. The Bertz CT molecular complexity index is 384. The maximum Gasteiger partial charge on any atom is 0.404 e. The number of alkyl halides is 3. The van der Waals surface area contributed by atoms with Gasteiger partial charge in [-0.05, 0) is 44.6 Å². The van der Waals surface area contributed by atoms with Crippen LogP contribution in [0.1, 0.15) is 39.0 Å². The highest BCUT2D eigenvalue weighted by Crippen LogP contribution is 2.44. The summed E-state index contributed by atoms with van der Waals surface area (Å²) in [6, 6.07) is 0. The number of hydrogen-bond acceptors (Lipinski definition) is 3. The fourth-order valence-corrected chi connectivity index (χ4v) is 3.25. The smallest absolute Gasteiger partial charge is 0.394 e. The summed E-state index contributed by atoms with van der Waals surface area (Å²) in [6.07, 6.45) is -2.18. The quantitative estimate of drug-likeness (QED) is 0.742. The molecule has 0 aromatic rings. The number of aliphatic hydroxyl groups excluding tert-OH is 1. The van der Waals surface area contributed by atoms with Crippen molar-refractivity contribution in [2.45, 2.75) is 50.7 Å². The van der Waals surface area contributed by atoms with Crippen molar-refractivity contribution in [3.63, 3.8) is 0 Å². The van der Waals surface area contributed by atoms with Gasteiger partial charge in [0.25, 0.3) is 0 Å². The number of aliphatic hydroxyl groups is 1. The molecule has 0 bridgehead atoms. The Hall–Kier alpha value is -0.820. The van der Waals surface area contributed by atoms with Crippen molar-refractivity contribution in [3.05, 3.63) is 0 Å². The molecule has 0 spiro atoms. The summed E-state index contributed by atoms with van der Waals surface area (Å²) in [5.74, 6) is -0.519. The molecule has 2 fully saturated rings. The van der Waals surface area contributed by atoms with Gasteiger partial charge in [-0.25, -0.2) is 0 Å². The Morgan fingerprint density at radius 1 is 1.33 bits per heavy atom. The minimum atomic E-state index is -4.58. The maximum atomic E-state index is 13.3. The highest BCUT2D eigenvalue weighted by atomic mass is 19.4. The second-order valence-corrected chi connectivity index (χ2v) is 6.58. The Balaban J connectivity index is 2.15. The monoisotopic (exact) mass is 308 g/mol. The zero-order valence-corrected chi connectivity index (χ0v) is 12.2. The van der Waals surface area contributed by atoms with Gasteiger partial charge in [0.15, 0.2) is 5.41 Å². The van der Waals surface area contributed by atoms with E-state index < -0.39 is 23.0 Å². The molecule has 1 heterocycles. The molecule has 2 aliphatic rings. The lowest BCUT2D eigenvalue weighted by molar-refractivity contribution is -0.217. The molecule has 4 nitrogen and oxygen atoms in total. The normalized spacial score (nSPS) is 37.5. The van der Waals surface area contributed by atoms with Gasteiger partial charge in [-0.1, -0.05) is 6.92 Å². The van der Waals surface area contributed by atoms with Gasteiger partial charge in [-0.3, -0.25) is 4.79 Å². The Kier molecular flexibility index (Phi) is 4.54. The number of amides is 1. The lowest BCUT2D eigenvalue weighted by Gasteiger charge is -2.41. The van der Waals surface area contributed by atoms with Crippen LogP contribution >= 0.6 is 0 Å². The zero-order chi connectivity index (χ0) is 15.7. The number of hydrogen-bond donors (Lipinski definition) is 3. The summed E-state index contributed by atoms with van der Waals surface area (Å²) in [5, 5.41) is 14.8. The van der Waals surface area contributed by atoms with Gasteiger partial charge >= 0.3 is 6.18 Å². The van der Waals surface area contributed by atoms with Crippen molar-refractivity contribution >= 4 is 5.91 Å². The largest absolute Gasteiger partial charge is 0.404 e. The number of carbonyl (C=O) groups is 1. The molecular formula is C14H23F3N2O2. The average Bonchev–Trinajstić information content (AvgIpc) is 2.92. The van der Waals surface area contributed by atoms with Gasteiger partial charge in [0.1, 0.15) is 0 Å². The fraction of sp³-hybridized carbons (Fsp3) is 0.929. The molecule has 1 saturated carbocycles. The van der Waals surface area contributed by atoms with E-state index >= 15 is 0 Å². The fourth-order valence-electron chi connectivity index (χ4n) is 3.25. The highest BCUT2D eigenvalue weighted by molar-refractivity contribution is 5.85. The van der Waals surface area contributed by atoms with Crippen LogP contribution in [0.2, 0.25) is 0 Å². The van der Waals surface area contributed by atoms with Crippen LogP contribution in [-0.2, 0) is 4.79 Å². The molecule has 1 atom stereocenters. The molecule has 3 N–H and O–H groups in total. The van der Waals surface area contributed by atoms with Gasteiger partial charge in [-0.2, -0.15) is 13.2 Å². The third kappa shape index (κ3) is 3.04. The van der Waals surface area contributed by atoms with Crippen LogP contribution in [0.4, 0.5) is 13.2 Å². The number of nitrogens with one attached hydrogen (secondary N) is 2. The van der Waals surface area contributed by atoms with Gasteiger partial charge in [-0.15, -0.1) is 0 Å². The van der Waals surface area contributed by atoms with Crippen LogP contribution in [0.15, 0.2) is 0 Å². The first kappa shape index (κ1) is 16.5. The first-order valence-electron chi connectivity index (χ1n) is 7.46. The van der Waals surface area contributed by atoms with Crippen molar-refractivity contribution in [2.24, 2.45) is 11.3 Å². The highest BCUT2D eigenvalue weighted by Gasteiger charge is 2.62. The summed E-state index contributed by atoms with van der Waals surface area (Å²) >= 11 is 0. The van der Waals surface area contributed by atoms with Gasteiger partial charge in [0.05, 0.1) is 12.1 Å². The molecule has 122 valence electrons. The Morgan fingerprint density at radius 2 is 1.95 bits per heavy atom. The first-order valence-corrected chi connectivity index (χ1v) is 7.46. The van der Waals surface area contributed by atoms with E-state index in [1.165, 1.54) is 0 Å². The third-order valence-electron chi connectivity index (χ3n) is 5.05. The topological polar surface area (TPSA) is 61.4 Å². The molecule has 1 unspecified atom stereocenters. The maximum absolute atomic E-state index is 13.3. The van der Waals surface area contributed by atoms with Crippen LogP contribution in [0.3, 0.4) is 0 Å². The van der Waals surface area contributed by atoms with Crippen molar-refractivity contribution in [2.75, 3.05) is 19.7 Å². The Labute approximate surface area is 122 Å². The summed E-state index contributed by atoms with van der Waals surface area (Å²) in [5.41, 5.74) is -3.26. The van der Waals surface area contributed by atoms with Gasteiger partial charge < -0.3 is 15.7 Å². The van der Waals surface area contributed by atoms with Crippen molar-refractivity contribution < 1.29 is 23.1 Å². The minimum Gasteiger partial charge on any atom is -0.394 e. The predicted molar refractivity (Wildman–Crippen MR) is 71.6 cm³/mol. The van der Waals surface area contributed by atoms with Crippen LogP contribution in [0.5, 0.6) is 0 Å². The van der Waals surface area contributed by atoms with E-state index in [0.29, 0.717) is 18.8 Å². The number of halogens is 3. The van der Waals surface area contributed by atoms with Crippen LogP contribution < -0.4 is 10.6 Å². The molecule has 7 heteroatoms. The second-order valence-electron chi connectivity index (χ2n) is 6.58. The van der Waals surface area contributed by atoms with E-state index in [1.807, 2.05) is 0 Å². The molecule has 1 amide bonds. The molecule has 0 aromatic carbocycles. The van der Waals surface area contributed by atoms with Gasteiger partial charge in [0, 0.05) is 6.54 Å². The van der Waals surface area contributed by atoms with Gasteiger partial charge in [0.2, 0.25) is 5.91 Å². The average molecular weight is 308 g/mol. The summed E-state index contributed by atoms with van der Waals surface area (Å²) < 4.78 is 40.0. The van der Waals surface area contributed by atoms with Crippen LogP contribution in [0.25, 0.3) is 0 Å². The molecule has 0 radical (unpaired) electrons. The van der Waals surface area contributed by atoms with E-state index in [-0.39, 0.29) is 26.1 Å². The summed E-state index contributed by atoms with van der Waals surface area (Å²) in [4.78, 5) is 12.3. The van der Waals surface area contributed by atoms with E-state index in [9.17, 15) is 23.1 Å². The van der Waals surface area contributed by atoms with Crippen molar-refractivity contribution in [1.29, 1.82) is 0 Å². The van der Waals surface area contributed by atoms with E-state index in [2.05, 4.69) is 17.6 Å². The lowest BCUT2D eigenvalue weighted by atomic mass is 9.76. The van der Waals surface area contributed by atoms with E-state index in [4.69, 9.17) is 0 Å². The molecule has 0 aromatic heterocycles. The standard InChI is InChI=1S/C14H23F3N2O2/c1-10-2-4-12(9-20,5-3-10)19-11(21)13(14(15,16)17)6-7-18-8-13/h10,18,20H,2-9H2,1H3,(H,19,21). The SMILES string of the molecule is CC1CCC(CO)(NC(=O)C2(C(F)(F)F)CCNC2)CC1. The molecular weight excluding hydrogens is 285 g/mol. The van der Waals surface area contributed by atoms with Crippen molar-refractivity contribution in [3.8, 4) is 0 Å². The number of carbonyl (C=O) groups excluding carboxylic acids is 1. The molecule has 1 aliphatic carbocycles. The third-order valence-corrected chi connectivity index (χ3v) is 5.05. The molecule has 2 rings (SSSR count).